The molecule has 150 valence electrons. The van der Waals surface area contributed by atoms with Crippen molar-refractivity contribution < 1.29 is 4.39 Å². The Morgan fingerprint density at radius 2 is 1.67 bits per heavy atom. The molecule has 3 N–H and O–H groups in total. The average molecular weight is 398 g/mol. The summed E-state index contributed by atoms with van der Waals surface area (Å²) in [6.07, 6.45) is 1.41. The molecule has 0 fully saturated rings. The number of rotatable bonds is 6. The molecular weight excluding hydrogens is 375 g/mol. The summed E-state index contributed by atoms with van der Waals surface area (Å²) in [7, 11) is 0. The molecule has 0 bridgehead atoms. The number of benzene rings is 3. The van der Waals surface area contributed by atoms with Gasteiger partial charge in [0.05, 0.1) is 11.0 Å². The van der Waals surface area contributed by atoms with Crippen LogP contribution < -0.4 is 5.73 Å². The summed E-state index contributed by atoms with van der Waals surface area (Å²) in [6, 6.07) is 24.3. The number of imidazole rings is 1. The van der Waals surface area contributed by atoms with E-state index >= 15 is 0 Å². The van der Waals surface area contributed by atoms with Gasteiger partial charge in [-0.1, -0.05) is 54.6 Å². The van der Waals surface area contributed by atoms with Crippen LogP contribution >= 0.6 is 0 Å². The lowest BCUT2D eigenvalue weighted by atomic mass is 9.97. The maximum Gasteiger partial charge on any atom is 0.228 e. The van der Waals surface area contributed by atoms with Crippen LogP contribution in [0.2, 0.25) is 0 Å². The van der Waals surface area contributed by atoms with Crippen molar-refractivity contribution in [3.8, 4) is 0 Å². The summed E-state index contributed by atoms with van der Waals surface area (Å²) in [4.78, 5) is 12.5. The fourth-order valence-corrected chi connectivity index (χ4v) is 3.44. The quantitative estimate of drug-likeness (QED) is 0.403. The zero-order valence-corrected chi connectivity index (χ0v) is 16.8. The van der Waals surface area contributed by atoms with Crippen LogP contribution in [0.25, 0.3) is 16.7 Å². The number of nitrogens with zero attached hydrogens (tertiary/aromatic N) is 2. The number of H-pyrrole nitrogens is 1. The van der Waals surface area contributed by atoms with Crippen LogP contribution in [0.5, 0.6) is 0 Å². The van der Waals surface area contributed by atoms with Crippen LogP contribution in [-0.4, -0.2) is 15.7 Å². The molecule has 30 heavy (non-hydrogen) atoms. The molecule has 0 atom stereocenters. The Labute approximate surface area is 175 Å². The van der Waals surface area contributed by atoms with Crippen LogP contribution in [0, 0.1) is 5.82 Å². The van der Waals surface area contributed by atoms with Gasteiger partial charge >= 0.3 is 0 Å². The first kappa shape index (κ1) is 19.6. The van der Waals surface area contributed by atoms with Crippen LogP contribution in [0.3, 0.4) is 0 Å². The van der Waals surface area contributed by atoms with Crippen molar-refractivity contribution in [2.75, 3.05) is 0 Å². The molecule has 0 spiro atoms. The van der Waals surface area contributed by atoms with E-state index in [4.69, 9.17) is 10.7 Å². The van der Waals surface area contributed by atoms with Gasteiger partial charge in [0, 0.05) is 11.4 Å². The van der Waals surface area contributed by atoms with Crippen molar-refractivity contribution in [3.05, 3.63) is 101 Å². The predicted octanol–water partition coefficient (Wildman–Crippen LogP) is 5.80. The van der Waals surface area contributed by atoms with E-state index in [1.54, 1.807) is 12.1 Å². The average Bonchev–Trinajstić information content (AvgIpc) is 3.18. The number of hydrogen-bond donors (Lipinski definition) is 2. The van der Waals surface area contributed by atoms with Crippen LogP contribution in [0.1, 0.15) is 24.5 Å². The number of fused-ring (bicyclic) bond motifs is 1. The van der Waals surface area contributed by atoms with Gasteiger partial charge in [-0.2, -0.15) is 0 Å². The highest BCUT2D eigenvalue weighted by atomic mass is 19.1. The molecule has 0 aliphatic carbocycles. The van der Waals surface area contributed by atoms with Gasteiger partial charge in [0.15, 0.2) is 0 Å². The second-order valence-electron chi connectivity index (χ2n) is 7.16. The Morgan fingerprint density at radius 3 is 2.40 bits per heavy atom. The van der Waals surface area contributed by atoms with Crippen molar-refractivity contribution >= 4 is 28.4 Å². The summed E-state index contributed by atoms with van der Waals surface area (Å²) in [5.74, 6) is 0.315. The van der Waals surface area contributed by atoms with Crippen molar-refractivity contribution in [2.24, 2.45) is 10.7 Å². The highest BCUT2D eigenvalue weighted by Gasteiger charge is 2.12. The first-order valence-corrected chi connectivity index (χ1v) is 9.89. The Kier molecular flexibility index (Phi) is 5.70. The predicted molar refractivity (Wildman–Crippen MR) is 121 cm³/mol. The zero-order valence-electron chi connectivity index (χ0n) is 16.8. The van der Waals surface area contributed by atoms with E-state index in [-0.39, 0.29) is 5.82 Å². The maximum absolute atomic E-state index is 13.2. The van der Waals surface area contributed by atoms with Crippen LogP contribution in [0.15, 0.2) is 89.4 Å². The molecule has 1 aromatic heterocycles. The molecule has 5 heteroatoms. The van der Waals surface area contributed by atoms with Crippen LogP contribution in [0.4, 0.5) is 10.3 Å². The largest absolute Gasteiger partial charge is 0.398 e. The second-order valence-corrected chi connectivity index (χ2v) is 7.16. The molecule has 1 heterocycles. The number of allylic oxidation sites excluding steroid dienone is 1. The third kappa shape index (κ3) is 4.46. The first-order valence-electron chi connectivity index (χ1n) is 9.89. The van der Waals surface area contributed by atoms with E-state index in [0.717, 1.165) is 39.9 Å². The third-order valence-electron chi connectivity index (χ3n) is 5.07. The molecular formula is C25H23FN4. The minimum Gasteiger partial charge on any atom is -0.398 e. The lowest BCUT2D eigenvalue weighted by Crippen LogP contribution is -2.09. The number of halogens is 1. The second kappa shape index (κ2) is 8.74. The standard InChI is InChI=1S/C25H23FN4/c1-17(28-25-29-22-9-5-6-10-23(22)30-25)21(24(27)19-7-3-2-4-8-19)16-13-18-11-14-20(26)15-12-18/h2-12,14-15H,13,16,27H2,1H3,(H,29,30). The topological polar surface area (TPSA) is 67.1 Å². The van der Waals surface area contributed by atoms with E-state index in [1.807, 2.05) is 61.5 Å². The minimum absolute atomic E-state index is 0.235. The molecule has 0 saturated carbocycles. The van der Waals surface area contributed by atoms with Gasteiger partial charge in [0.1, 0.15) is 5.82 Å². The Bertz CT molecular complexity index is 1170. The summed E-state index contributed by atoms with van der Waals surface area (Å²) in [5, 5.41) is 0. The van der Waals surface area contributed by atoms with Gasteiger partial charge in [-0.25, -0.2) is 14.4 Å². The van der Waals surface area contributed by atoms with Gasteiger partial charge in [-0.3, -0.25) is 0 Å². The number of aromatic nitrogens is 2. The van der Waals surface area contributed by atoms with E-state index in [1.165, 1.54) is 12.1 Å². The van der Waals surface area contributed by atoms with Gasteiger partial charge in [0.25, 0.3) is 0 Å². The van der Waals surface area contributed by atoms with Gasteiger partial charge in [0.2, 0.25) is 5.95 Å². The fraction of sp³-hybridized carbons (Fsp3) is 0.120. The number of para-hydroxylation sites is 2. The number of aryl methyl sites for hydroxylation is 1. The summed E-state index contributed by atoms with van der Waals surface area (Å²) in [6.45, 7) is 1.95. The highest BCUT2D eigenvalue weighted by molar-refractivity contribution is 6.05. The summed E-state index contributed by atoms with van der Waals surface area (Å²) < 4.78 is 13.2. The van der Waals surface area contributed by atoms with E-state index in [9.17, 15) is 4.39 Å². The summed E-state index contributed by atoms with van der Waals surface area (Å²) >= 11 is 0. The molecule has 3 aromatic carbocycles. The Balaban J connectivity index is 1.69. The van der Waals surface area contributed by atoms with Crippen molar-refractivity contribution in [1.29, 1.82) is 0 Å². The van der Waals surface area contributed by atoms with Gasteiger partial charge in [-0.05, 0) is 60.7 Å². The molecule has 0 aliphatic heterocycles. The Hall–Kier alpha value is -3.73. The highest BCUT2D eigenvalue weighted by Crippen LogP contribution is 2.23. The Morgan fingerprint density at radius 1 is 0.967 bits per heavy atom. The fourth-order valence-electron chi connectivity index (χ4n) is 3.44. The molecule has 4 rings (SSSR count). The molecule has 0 unspecified atom stereocenters. The monoisotopic (exact) mass is 398 g/mol. The number of aromatic amines is 1. The zero-order chi connectivity index (χ0) is 20.9. The molecule has 0 radical (unpaired) electrons. The summed E-state index contributed by atoms with van der Waals surface area (Å²) in [5.41, 5.74) is 12.8. The third-order valence-corrected chi connectivity index (χ3v) is 5.07. The molecule has 0 saturated heterocycles. The van der Waals surface area contributed by atoms with Gasteiger partial charge < -0.3 is 10.7 Å². The SMILES string of the molecule is CC(=Nc1nc2ccccc2[nH]1)C(CCc1ccc(F)cc1)=C(N)c1ccccc1. The molecule has 4 aromatic rings. The van der Waals surface area contributed by atoms with Crippen LogP contribution in [-0.2, 0) is 6.42 Å². The number of nitrogens with one attached hydrogen (secondary N) is 1. The first-order chi connectivity index (χ1) is 14.6. The molecule has 0 amide bonds. The molecule has 0 aliphatic rings. The van der Waals surface area contributed by atoms with E-state index in [0.29, 0.717) is 18.1 Å². The van der Waals surface area contributed by atoms with Crippen molar-refractivity contribution in [3.63, 3.8) is 0 Å². The molecule has 4 nitrogen and oxygen atoms in total. The number of nitrogens with two attached hydrogens (primary N) is 1. The van der Waals surface area contributed by atoms with E-state index < -0.39 is 0 Å². The number of aliphatic imine (C=N–C) groups is 1. The smallest absolute Gasteiger partial charge is 0.228 e. The normalized spacial score (nSPS) is 12.8. The lowest BCUT2D eigenvalue weighted by molar-refractivity contribution is 0.627. The lowest BCUT2D eigenvalue weighted by Gasteiger charge is -2.13. The van der Waals surface area contributed by atoms with Crippen molar-refractivity contribution in [1.82, 2.24) is 9.97 Å². The number of hydrogen-bond acceptors (Lipinski definition) is 3. The van der Waals surface area contributed by atoms with Gasteiger partial charge in [-0.15, -0.1) is 0 Å². The maximum atomic E-state index is 13.2. The van der Waals surface area contributed by atoms with E-state index in [2.05, 4.69) is 9.97 Å². The van der Waals surface area contributed by atoms with Crippen molar-refractivity contribution in [2.45, 2.75) is 19.8 Å². The minimum atomic E-state index is -0.235.